The molecule has 2 aromatic heterocycles. The van der Waals surface area contributed by atoms with Gasteiger partial charge in [-0.3, -0.25) is 10.1 Å². The fourth-order valence-electron chi connectivity index (χ4n) is 4.53. The standard InChI is InChI=1S/C26H29N7O3/c1-30(13-14-32-11-6-12-32)23-16-25(36-3)21(15-24(23)33(34)35)29-26-27-10-9-20(28-26)19-17-31(2)22-8-5-4-7-18(19)22/h4-5,7-10,15-17H,6,11-14H2,1-3H3,(H,27,28,29). The van der Waals surface area contributed by atoms with Crippen LogP contribution in [0.15, 0.2) is 54.9 Å². The van der Waals surface area contributed by atoms with Gasteiger partial charge in [0.2, 0.25) is 5.95 Å². The molecule has 2 aromatic carbocycles. The van der Waals surface area contributed by atoms with E-state index in [0.29, 0.717) is 29.6 Å². The first kappa shape index (κ1) is 23.6. The molecule has 0 bridgehead atoms. The summed E-state index contributed by atoms with van der Waals surface area (Å²) in [6.45, 7) is 3.72. The van der Waals surface area contributed by atoms with E-state index in [9.17, 15) is 10.1 Å². The van der Waals surface area contributed by atoms with Crippen LogP contribution in [0.2, 0.25) is 0 Å². The average Bonchev–Trinajstić information content (AvgIpc) is 3.19. The van der Waals surface area contributed by atoms with Gasteiger partial charge in [-0.2, -0.15) is 0 Å². The molecule has 10 heteroatoms. The zero-order chi connectivity index (χ0) is 25.2. The van der Waals surface area contributed by atoms with E-state index in [-0.39, 0.29) is 10.6 Å². The van der Waals surface area contributed by atoms with Crippen LogP contribution in [0.5, 0.6) is 5.75 Å². The second kappa shape index (κ2) is 9.82. The number of nitro benzene ring substituents is 1. The van der Waals surface area contributed by atoms with Crippen molar-refractivity contribution in [2.75, 3.05) is 50.6 Å². The molecular formula is C26H29N7O3. The van der Waals surface area contributed by atoms with E-state index in [1.165, 1.54) is 12.5 Å². The lowest BCUT2D eigenvalue weighted by atomic mass is 10.1. The third-order valence-corrected chi connectivity index (χ3v) is 6.68. The number of nitro groups is 1. The summed E-state index contributed by atoms with van der Waals surface area (Å²) in [6, 6.07) is 13.2. The molecule has 5 rings (SSSR count). The molecule has 0 amide bonds. The molecule has 1 saturated heterocycles. The molecule has 4 aromatic rings. The summed E-state index contributed by atoms with van der Waals surface area (Å²) in [6.07, 6.45) is 4.92. The average molecular weight is 488 g/mol. The van der Waals surface area contributed by atoms with E-state index in [4.69, 9.17) is 9.72 Å². The molecular weight excluding hydrogens is 458 g/mol. The molecule has 0 unspecified atom stereocenters. The lowest BCUT2D eigenvalue weighted by Crippen LogP contribution is -2.41. The van der Waals surface area contributed by atoms with Gasteiger partial charge in [-0.05, 0) is 31.6 Å². The zero-order valence-electron chi connectivity index (χ0n) is 20.6. The topological polar surface area (TPSA) is 102 Å². The predicted octanol–water partition coefficient (Wildman–Crippen LogP) is 4.44. The van der Waals surface area contributed by atoms with Crippen LogP contribution < -0.4 is 15.0 Å². The van der Waals surface area contributed by atoms with Gasteiger partial charge in [0.25, 0.3) is 5.69 Å². The summed E-state index contributed by atoms with van der Waals surface area (Å²) in [5.41, 5.74) is 3.77. The molecule has 0 spiro atoms. The summed E-state index contributed by atoms with van der Waals surface area (Å²) in [4.78, 5) is 24.9. The Morgan fingerprint density at radius 2 is 2.03 bits per heavy atom. The van der Waals surface area contributed by atoms with E-state index in [0.717, 1.165) is 41.8 Å². The van der Waals surface area contributed by atoms with Gasteiger partial charge in [0.15, 0.2) is 0 Å². The SMILES string of the molecule is COc1cc(N(C)CCN2CCC2)c([N+](=O)[O-])cc1Nc1nccc(-c2cn(C)c3ccccc23)n1. The molecule has 10 nitrogen and oxygen atoms in total. The minimum Gasteiger partial charge on any atom is -0.494 e. The van der Waals surface area contributed by atoms with Crippen LogP contribution in [0.3, 0.4) is 0 Å². The number of nitrogens with one attached hydrogen (secondary N) is 1. The molecule has 0 saturated carbocycles. The van der Waals surface area contributed by atoms with Crippen LogP contribution in [0.4, 0.5) is 23.0 Å². The first-order valence-corrected chi connectivity index (χ1v) is 11.9. The Hall–Kier alpha value is -4.18. The van der Waals surface area contributed by atoms with Gasteiger partial charge < -0.3 is 24.4 Å². The van der Waals surface area contributed by atoms with Crippen molar-refractivity contribution in [1.29, 1.82) is 0 Å². The number of likely N-dealkylation sites (tertiary alicyclic amines) is 1. The van der Waals surface area contributed by atoms with Crippen LogP contribution in [0.1, 0.15) is 6.42 Å². The Balaban J connectivity index is 1.45. The van der Waals surface area contributed by atoms with E-state index < -0.39 is 0 Å². The van der Waals surface area contributed by atoms with Crippen molar-refractivity contribution in [2.24, 2.45) is 7.05 Å². The molecule has 0 radical (unpaired) electrons. The first-order valence-electron chi connectivity index (χ1n) is 11.9. The molecule has 1 aliphatic rings. The number of rotatable bonds is 9. The van der Waals surface area contributed by atoms with Crippen LogP contribution in [0, 0.1) is 10.1 Å². The predicted molar refractivity (Wildman–Crippen MR) is 141 cm³/mol. The van der Waals surface area contributed by atoms with Crippen molar-refractivity contribution in [3.8, 4) is 17.0 Å². The minimum atomic E-state index is -0.368. The highest BCUT2D eigenvalue weighted by Crippen LogP contribution is 2.39. The molecule has 36 heavy (non-hydrogen) atoms. The maximum absolute atomic E-state index is 12.0. The Kier molecular flexibility index (Phi) is 6.43. The fraction of sp³-hybridized carbons (Fsp3) is 0.308. The zero-order valence-corrected chi connectivity index (χ0v) is 20.6. The monoisotopic (exact) mass is 487 g/mol. The second-order valence-corrected chi connectivity index (χ2v) is 8.98. The molecule has 1 aliphatic heterocycles. The number of hydrogen-bond acceptors (Lipinski definition) is 8. The van der Waals surface area contributed by atoms with Crippen LogP contribution >= 0.6 is 0 Å². The lowest BCUT2D eigenvalue weighted by Gasteiger charge is -2.32. The van der Waals surface area contributed by atoms with E-state index in [1.54, 1.807) is 19.4 Å². The summed E-state index contributed by atoms with van der Waals surface area (Å²) in [5.74, 6) is 0.803. The Labute approximate surface area is 209 Å². The van der Waals surface area contributed by atoms with Crippen LogP contribution in [-0.4, -0.2) is 64.7 Å². The highest BCUT2D eigenvalue weighted by atomic mass is 16.6. The number of aryl methyl sites for hydroxylation is 1. The maximum atomic E-state index is 12.0. The van der Waals surface area contributed by atoms with Crippen molar-refractivity contribution < 1.29 is 9.66 Å². The number of hydrogen-bond donors (Lipinski definition) is 1. The largest absolute Gasteiger partial charge is 0.494 e. The summed E-state index contributed by atoms with van der Waals surface area (Å²) in [7, 11) is 5.41. The van der Waals surface area contributed by atoms with E-state index in [1.807, 2.05) is 43.4 Å². The fourth-order valence-corrected chi connectivity index (χ4v) is 4.53. The maximum Gasteiger partial charge on any atom is 0.294 e. The number of ether oxygens (including phenoxy) is 1. The van der Waals surface area contributed by atoms with Crippen molar-refractivity contribution in [2.45, 2.75) is 6.42 Å². The van der Waals surface area contributed by atoms with E-state index in [2.05, 4.69) is 31.9 Å². The Morgan fingerprint density at radius 3 is 2.75 bits per heavy atom. The molecule has 3 heterocycles. The number of likely N-dealkylation sites (N-methyl/N-ethyl adjacent to an activating group) is 1. The smallest absolute Gasteiger partial charge is 0.294 e. The molecule has 186 valence electrons. The van der Waals surface area contributed by atoms with Crippen LogP contribution in [-0.2, 0) is 7.05 Å². The molecule has 0 atom stereocenters. The van der Waals surface area contributed by atoms with Gasteiger partial charge in [0.05, 0.1) is 23.4 Å². The number of anilines is 3. The number of methoxy groups -OCH3 is 1. The number of aromatic nitrogens is 3. The summed E-state index contributed by atoms with van der Waals surface area (Å²) in [5, 5.41) is 16.2. The second-order valence-electron chi connectivity index (χ2n) is 8.98. The van der Waals surface area contributed by atoms with Gasteiger partial charge in [0.1, 0.15) is 11.4 Å². The normalized spacial score (nSPS) is 13.4. The number of fused-ring (bicyclic) bond motifs is 1. The Morgan fingerprint density at radius 1 is 1.22 bits per heavy atom. The lowest BCUT2D eigenvalue weighted by molar-refractivity contribution is -0.384. The van der Waals surface area contributed by atoms with Crippen molar-refractivity contribution in [3.05, 3.63) is 65.0 Å². The van der Waals surface area contributed by atoms with Crippen molar-refractivity contribution in [1.82, 2.24) is 19.4 Å². The van der Waals surface area contributed by atoms with Gasteiger partial charge in [-0.25, -0.2) is 9.97 Å². The van der Waals surface area contributed by atoms with Gasteiger partial charge in [0, 0.05) is 68.2 Å². The van der Waals surface area contributed by atoms with Gasteiger partial charge in [-0.15, -0.1) is 0 Å². The first-order chi connectivity index (χ1) is 17.4. The van der Waals surface area contributed by atoms with Crippen molar-refractivity contribution in [3.63, 3.8) is 0 Å². The number of nitrogens with zero attached hydrogens (tertiary/aromatic N) is 6. The number of benzene rings is 2. The molecule has 1 fully saturated rings. The third-order valence-electron chi connectivity index (χ3n) is 6.68. The van der Waals surface area contributed by atoms with Crippen LogP contribution in [0.25, 0.3) is 22.2 Å². The quantitative estimate of drug-likeness (QED) is 0.273. The van der Waals surface area contributed by atoms with E-state index >= 15 is 0 Å². The molecule has 1 N–H and O–H groups in total. The summed E-state index contributed by atoms with van der Waals surface area (Å²) >= 11 is 0. The number of para-hydroxylation sites is 1. The van der Waals surface area contributed by atoms with Gasteiger partial charge in [-0.1, -0.05) is 18.2 Å². The summed E-state index contributed by atoms with van der Waals surface area (Å²) < 4.78 is 7.65. The third kappa shape index (κ3) is 4.55. The van der Waals surface area contributed by atoms with Crippen molar-refractivity contribution >= 4 is 33.9 Å². The highest BCUT2D eigenvalue weighted by Gasteiger charge is 2.23. The molecule has 0 aliphatic carbocycles. The van der Waals surface area contributed by atoms with Gasteiger partial charge >= 0.3 is 0 Å². The highest BCUT2D eigenvalue weighted by molar-refractivity contribution is 5.95. The minimum absolute atomic E-state index is 0.00498. The Bertz CT molecular complexity index is 1410.